The van der Waals surface area contributed by atoms with Crippen LogP contribution in [0.5, 0.6) is 0 Å². The lowest BCUT2D eigenvalue weighted by atomic mass is 10.2. The van der Waals surface area contributed by atoms with Crippen LogP contribution in [0.2, 0.25) is 0 Å². The van der Waals surface area contributed by atoms with Crippen molar-refractivity contribution >= 4 is 40.0 Å². The van der Waals surface area contributed by atoms with E-state index in [1.54, 1.807) is 13.1 Å². The third-order valence-corrected chi connectivity index (χ3v) is 6.98. The Kier molecular flexibility index (Phi) is 11.6. The average Bonchev–Trinajstić information content (AvgIpc) is 3.16. The van der Waals surface area contributed by atoms with Crippen LogP contribution in [0.3, 0.4) is 0 Å². The molecule has 0 amide bonds. The zero-order chi connectivity index (χ0) is 21.4. The summed E-state index contributed by atoms with van der Waals surface area (Å²) in [7, 11) is -1.62. The van der Waals surface area contributed by atoms with Crippen LogP contribution >= 0.6 is 24.0 Å². The van der Waals surface area contributed by atoms with Crippen LogP contribution in [0.15, 0.2) is 21.8 Å². The number of nitrogens with one attached hydrogen (secondary N) is 1. The van der Waals surface area contributed by atoms with E-state index in [2.05, 4.69) is 53.0 Å². The van der Waals surface area contributed by atoms with Gasteiger partial charge in [-0.1, -0.05) is 5.16 Å². The third kappa shape index (κ3) is 7.97. The number of guanidine groups is 1. The summed E-state index contributed by atoms with van der Waals surface area (Å²) in [6.45, 7) is 12.9. The molecule has 1 saturated heterocycles. The van der Waals surface area contributed by atoms with Gasteiger partial charge in [0.2, 0.25) is 10.0 Å². The molecule has 0 unspecified atom stereocenters. The topological polar surface area (TPSA) is 94.3 Å². The average molecular weight is 557 g/mol. The number of hydrogen-bond acceptors (Lipinski definition) is 6. The molecule has 1 fully saturated rings. The smallest absolute Gasteiger partial charge is 0.220 e. The van der Waals surface area contributed by atoms with Crippen LogP contribution in [-0.2, 0) is 15.8 Å². The second-order valence-corrected chi connectivity index (χ2v) is 9.85. The van der Waals surface area contributed by atoms with Gasteiger partial charge in [0, 0.05) is 64.5 Å². The third-order valence-electron chi connectivity index (χ3n) is 5.17. The number of aliphatic imine (C=N–C) groups is 1. The van der Waals surface area contributed by atoms with Crippen molar-refractivity contribution in [1.82, 2.24) is 24.6 Å². The highest BCUT2D eigenvalue weighted by atomic mass is 127. The van der Waals surface area contributed by atoms with Crippen LogP contribution in [0.1, 0.15) is 39.8 Å². The standard InChI is InChI=1S/C19H36N6O3S.HI/c1-16(2)25(17(3)4)9-6-8-21-19(20-5)23-10-12-24(13-11-23)29(26,27)15-18-7-14-28-22-18;/h7,14,16-17H,6,8-13,15H2,1-5H3,(H,20,21);1H. The van der Waals surface area contributed by atoms with Crippen LogP contribution in [-0.4, -0.2) is 92.0 Å². The van der Waals surface area contributed by atoms with Gasteiger partial charge in [0.05, 0.1) is 5.69 Å². The Morgan fingerprint density at radius 3 is 2.37 bits per heavy atom. The van der Waals surface area contributed by atoms with Gasteiger partial charge in [-0.2, -0.15) is 4.31 Å². The molecule has 0 bridgehead atoms. The quantitative estimate of drug-likeness (QED) is 0.215. The first kappa shape index (κ1) is 27.1. The fraction of sp³-hybridized carbons (Fsp3) is 0.789. The Balaban J connectivity index is 0.00000450. The molecule has 9 nitrogen and oxygen atoms in total. The van der Waals surface area contributed by atoms with Crippen molar-refractivity contribution < 1.29 is 12.9 Å². The number of hydrogen-bond donors (Lipinski definition) is 1. The summed E-state index contributed by atoms with van der Waals surface area (Å²) in [6, 6.07) is 2.64. The lowest BCUT2D eigenvalue weighted by molar-refractivity contribution is 0.173. The molecule has 30 heavy (non-hydrogen) atoms. The number of sulfonamides is 1. The van der Waals surface area contributed by atoms with E-state index in [1.807, 2.05) is 0 Å². The Morgan fingerprint density at radius 2 is 1.87 bits per heavy atom. The first-order valence-electron chi connectivity index (χ1n) is 10.3. The van der Waals surface area contributed by atoms with Gasteiger partial charge in [-0.15, -0.1) is 24.0 Å². The molecule has 0 radical (unpaired) electrons. The highest BCUT2D eigenvalue weighted by Crippen LogP contribution is 2.13. The van der Waals surface area contributed by atoms with Gasteiger partial charge in [0.1, 0.15) is 12.0 Å². The maximum atomic E-state index is 12.6. The van der Waals surface area contributed by atoms with Crippen molar-refractivity contribution in [3.05, 3.63) is 18.0 Å². The van der Waals surface area contributed by atoms with Gasteiger partial charge in [-0.25, -0.2) is 8.42 Å². The van der Waals surface area contributed by atoms with E-state index in [0.717, 1.165) is 25.5 Å². The molecular formula is C19H37IN6O3S. The van der Waals surface area contributed by atoms with Crippen molar-refractivity contribution in [2.24, 2.45) is 4.99 Å². The molecule has 1 aromatic heterocycles. The van der Waals surface area contributed by atoms with Crippen LogP contribution in [0.4, 0.5) is 0 Å². The maximum absolute atomic E-state index is 12.6. The van der Waals surface area contributed by atoms with E-state index in [-0.39, 0.29) is 29.7 Å². The first-order chi connectivity index (χ1) is 13.7. The number of rotatable bonds is 9. The van der Waals surface area contributed by atoms with Gasteiger partial charge in [0.15, 0.2) is 5.96 Å². The van der Waals surface area contributed by atoms with Crippen molar-refractivity contribution in [3.63, 3.8) is 0 Å². The summed E-state index contributed by atoms with van der Waals surface area (Å²) >= 11 is 0. The molecule has 1 aliphatic rings. The molecule has 2 rings (SSSR count). The van der Waals surface area contributed by atoms with Gasteiger partial charge < -0.3 is 14.7 Å². The van der Waals surface area contributed by atoms with E-state index in [1.165, 1.54) is 10.6 Å². The minimum absolute atomic E-state index is 0. The first-order valence-corrected chi connectivity index (χ1v) is 11.9. The van der Waals surface area contributed by atoms with Crippen LogP contribution in [0.25, 0.3) is 0 Å². The molecule has 2 heterocycles. The molecule has 0 spiro atoms. The van der Waals surface area contributed by atoms with Crippen LogP contribution < -0.4 is 5.32 Å². The van der Waals surface area contributed by atoms with E-state index < -0.39 is 10.0 Å². The minimum Gasteiger partial charge on any atom is -0.364 e. The summed E-state index contributed by atoms with van der Waals surface area (Å²) in [4.78, 5) is 8.97. The van der Waals surface area contributed by atoms with Crippen molar-refractivity contribution in [3.8, 4) is 0 Å². The van der Waals surface area contributed by atoms with Gasteiger partial charge >= 0.3 is 0 Å². The van der Waals surface area contributed by atoms with Crippen molar-refractivity contribution in [1.29, 1.82) is 0 Å². The monoisotopic (exact) mass is 556 g/mol. The lowest BCUT2D eigenvalue weighted by Crippen LogP contribution is -2.54. The van der Waals surface area contributed by atoms with E-state index >= 15 is 0 Å². The highest BCUT2D eigenvalue weighted by molar-refractivity contribution is 14.0. The van der Waals surface area contributed by atoms with E-state index in [0.29, 0.717) is 44.0 Å². The number of aromatic nitrogens is 1. The summed E-state index contributed by atoms with van der Waals surface area (Å²) < 4.78 is 31.4. The predicted octanol–water partition coefficient (Wildman–Crippen LogP) is 1.82. The van der Waals surface area contributed by atoms with Crippen LogP contribution in [0, 0.1) is 0 Å². The highest BCUT2D eigenvalue weighted by Gasteiger charge is 2.29. The van der Waals surface area contributed by atoms with E-state index in [4.69, 9.17) is 4.52 Å². The number of halogens is 1. The van der Waals surface area contributed by atoms with E-state index in [9.17, 15) is 8.42 Å². The van der Waals surface area contributed by atoms with Gasteiger partial charge in [-0.3, -0.25) is 9.89 Å². The van der Waals surface area contributed by atoms with Gasteiger partial charge in [-0.05, 0) is 34.1 Å². The fourth-order valence-electron chi connectivity index (χ4n) is 3.68. The molecule has 174 valence electrons. The largest absolute Gasteiger partial charge is 0.364 e. The zero-order valence-corrected chi connectivity index (χ0v) is 21.9. The SMILES string of the molecule is CN=C(NCCCN(C(C)C)C(C)C)N1CCN(S(=O)(=O)Cc2ccon2)CC1.I. The molecule has 0 aliphatic carbocycles. The number of piperazine rings is 1. The molecule has 1 aliphatic heterocycles. The normalized spacial score (nSPS) is 16.4. The second-order valence-electron chi connectivity index (χ2n) is 7.89. The Labute approximate surface area is 198 Å². The molecule has 11 heteroatoms. The maximum Gasteiger partial charge on any atom is 0.220 e. The Bertz CT molecular complexity index is 723. The number of nitrogens with zero attached hydrogens (tertiary/aromatic N) is 5. The zero-order valence-electron chi connectivity index (χ0n) is 18.7. The molecular weight excluding hydrogens is 519 g/mol. The lowest BCUT2D eigenvalue weighted by Gasteiger charge is -2.36. The fourth-order valence-corrected chi connectivity index (χ4v) is 5.10. The van der Waals surface area contributed by atoms with Crippen molar-refractivity contribution in [2.45, 2.75) is 52.0 Å². The summed E-state index contributed by atoms with van der Waals surface area (Å²) in [6.07, 6.45) is 2.42. The molecule has 1 aromatic rings. The second kappa shape index (κ2) is 12.8. The molecule has 0 aromatic carbocycles. The molecule has 1 N–H and O–H groups in total. The minimum atomic E-state index is -3.39. The summed E-state index contributed by atoms with van der Waals surface area (Å²) in [5.41, 5.74) is 0.432. The Morgan fingerprint density at radius 1 is 1.23 bits per heavy atom. The predicted molar refractivity (Wildman–Crippen MR) is 131 cm³/mol. The summed E-state index contributed by atoms with van der Waals surface area (Å²) in [5.74, 6) is 0.706. The van der Waals surface area contributed by atoms with Gasteiger partial charge in [0.25, 0.3) is 0 Å². The van der Waals surface area contributed by atoms with Crippen molar-refractivity contribution in [2.75, 3.05) is 46.3 Å². The summed E-state index contributed by atoms with van der Waals surface area (Å²) in [5, 5.41) is 7.13. The Hall–Kier alpha value is -0.920. The molecule has 0 saturated carbocycles. The molecule has 0 atom stereocenters.